The van der Waals surface area contributed by atoms with Crippen LogP contribution >= 0.6 is 15.9 Å². The summed E-state index contributed by atoms with van der Waals surface area (Å²) < 4.78 is 0. The van der Waals surface area contributed by atoms with Gasteiger partial charge in [0.05, 0.1) is 0 Å². The molecule has 0 aliphatic heterocycles. The first-order chi connectivity index (χ1) is 8.88. The van der Waals surface area contributed by atoms with Gasteiger partial charge in [0, 0.05) is 5.33 Å². The Bertz CT molecular complexity index is 576. The Hall–Kier alpha value is 2.19. The zero-order valence-electron chi connectivity index (χ0n) is 14.5. The van der Waals surface area contributed by atoms with Crippen LogP contribution in [-0.2, 0) is 12.8 Å². The maximum Gasteiger partial charge on any atom is 1.00 e. The summed E-state index contributed by atoms with van der Waals surface area (Å²) in [5, 5.41) is 1.11. The molecule has 0 nitrogen and oxygen atoms in total. The number of rotatable bonds is 4. The number of aryl methyl sites for hydroxylation is 1. The molecule has 0 spiro atoms. The second kappa shape index (κ2) is 10.1. The van der Waals surface area contributed by atoms with Crippen molar-refractivity contribution in [1.29, 1.82) is 0 Å². The third kappa shape index (κ3) is 4.84. The van der Waals surface area contributed by atoms with Crippen LogP contribution in [0.1, 0.15) is 32.4 Å². The predicted molar refractivity (Wildman–Crippen MR) is 83.6 cm³/mol. The Labute approximate surface area is 218 Å². The van der Waals surface area contributed by atoms with E-state index in [4.69, 9.17) is 0 Å². The smallest absolute Gasteiger partial charge is 1.00 e. The molecule has 0 saturated heterocycles. The third-order valence-electron chi connectivity index (χ3n) is 3.71. The molecule has 0 fully saturated rings. The van der Waals surface area contributed by atoms with E-state index < -0.39 is 0 Å². The molecule has 0 atom stereocenters. The van der Waals surface area contributed by atoms with Crippen molar-refractivity contribution in [1.82, 2.24) is 0 Å². The van der Waals surface area contributed by atoms with Gasteiger partial charge in [-0.05, 0) is 53.5 Å². The van der Waals surface area contributed by atoms with Gasteiger partial charge < -0.3 is 2.85 Å². The van der Waals surface area contributed by atoms with Crippen molar-refractivity contribution in [2.45, 2.75) is 25.7 Å². The molecule has 3 heteroatoms. The third-order valence-corrected chi connectivity index (χ3v) is 4.27. The number of hydrogen-bond acceptors (Lipinski definition) is 0. The van der Waals surface area contributed by atoms with Crippen LogP contribution in [0.25, 0.3) is 11.1 Å². The van der Waals surface area contributed by atoms with Crippen molar-refractivity contribution in [3.05, 3.63) is 59.2 Å². The van der Waals surface area contributed by atoms with Crippen LogP contribution in [0.3, 0.4) is 0 Å². The summed E-state index contributed by atoms with van der Waals surface area (Å²) in [5.74, 6) is 0. The van der Waals surface area contributed by atoms with E-state index in [0.717, 1.165) is 11.8 Å². The van der Waals surface area contributed by atoms with Gasteiger partial charge in [0.25, 0.3) is 0 Å². The molecule has 0 unspecified atom stereocenters. The van der Waals surface area contributed by atoms with E-state index in [1.165, 1.54) is 47.1 Å². The predicted octanol–water partition coefficient (Wildman–Crippen LogP) is -0.792. The summed E-state index contributed by atoms with van der Waals surface area (Å²) in [6, 6.07) is 15.8. The molecule has 0 saturated carbocycles. The van der Waals surface area contributed by atoms with Crippen molar-refractivity contribution < 1.29 is 106 Å². The van der Waals surface area contributed by atoms with Gasteiger partial charge in [0.1, 0.15) is 0 Å². The average molecular weight is 381 g/mol. The van der Waals surface area contributed by atoms with Gasteiger partial charge in [-0.2, -0.15) is 0 Å². The molecule has 1 aliphatic rings. The maximum absolute atomic E-state index is 3.49. The van der Waals surface area contributed by atoms with Gasteiger partial charge in [-0.15, -0.1) is 0 Å². The fourth-order valence-electron chi connectivity index (χ4n) is 2.75. The second-order valence-electron chi connectivity index (χ2n) is 4.97. The van der Waals surface area contributed by atoms with Gasteiger partial charge in [0.15, 0.2) is 0 Å². The number of fused-ring (bicyclic) bond motifs is 3. The first-order valence-electron chi connectivity index (χ1n) is 6.64. The standard InChI is InChI=1S/C17H17Br.2K.2H/c18-10-4-3-5-13-8-9-15-12-14-6-1-2-7-16(14)17(15)11-13;;;;/h1-2,6-9,11H,3-5,10,12H2;;;;/q;2*+1;2*-1. The number of unbranched alkanes of at least 4 members (excludes halogenated alkanes) is 1. The number of halogens is 1. The number of hydrogen-bond donors (Lipinski definition) is 0. The molecule has 2 aromatic carbocycles. The minimum absolute atomic E-state index is 0. The Morgan fingerprint density at radius 3 is 2.45 bits per heavy atom. The number of alkyl halides is 1. The molecule has 0 heterocycles. The Balaban J connectivity index is 0. The first-order valence-corrected chi connectivity index (χ1v) is 7.76. The summed E-state index contributed by atoms with van der Waals surface area (Å²) in [4.78, 5) is 0. The zero-order valence-corrected chi connectivity index (χ0v) is 20.3. The molecular weight excluding hydrogens is 362 g/mol. The van der Waals surface area contributed by atoms with Gasteiger partial charge in [-0.1, -0.05) is 58.4 Å². The molecule has 3 rings (SSSR count). The van der Waals surface area contributed by atoms with Crippen molar-refractivity contribution >= 4 is 15.9 Å². The minimum Gasteiger partial charge on any atom is -1.00 e. The summed E-state index contributed by atoms with van der Waals surface area (Å²) in [6.07, 6.45) is 4.83. The van der Waals surface area contributed by atoms with E-state index in [2.05, 4.69) is 58.4 Å². The van der Waals surface area contributed by atoms with Crippen molar-refractivity contribution in [2.75, 3.05) is 5.33 Å². The van der Waals surface area contributed by atoms with Crippen LogP contribution in [-0.4, -0.2) is 5.33 Å². The summed E-state index contributed by atoms with van der Waals surface area (Å²) >= 11 is 3.49. The van der Waals surface area contributed by atoms with E-state index in [9.17, 15) is 0 Å². The van der Waals surface area contributed by atoms with Crippen molar-refractivity contribution in [3.8, 4) is 11.1 Å². The van der Waals surface area contributed by atoms with Gasteiger partial charge in [-0.3, -0.25) is 0 Å². The average Bonchev–Trinajstić information content (AvgIpc) is 2.77. The van der Waals surface area contributed by atoms with E-state index in [0.29, 0.717) is 0 Å². The Kier molecular flexibility index (Phi) is 10.3. The molecule has 0 radical (unpaired) electrons. The molecule has 2 aromatic rings. The van der Waals surface area contributed by atoms with E-state index in [1.807, 2.05) is 0 Å². The molecular formula is C17H19BrK2. The summed E-state index contributed by atoms with van der Waals surface area (Å²) in [5.41, 5.74) is 7.34. The first kappa shape index (κ1) is 20.2. The zero-order chi connectivity index (χ0) is 12.4. The molecule has 1 aliphatic carbocycles. The Morgan fingerprint density at radius 1 is 0.900 bits per heavy atom. The monoisotopic (exact) mass is 380 g/mol. The minimum atomic E-state index is 0. The molecule has 0 aromatic heterocycles. The van der Waals surface area contributed by atoms with Crippen molar-refractivity contribution in [3.63, 3.8) is 0 Å². The van der Waals surface area contributed by atoms with Crippen LogP contribution in [0.5, 0.6) is 0 Å². The largest absolute Gasteiger partial charge is 1.00 e. The summed E-state index contributed by atoms with van der Waals surface area (Å²) in [6.45, 7) is 0. The van der Waals surface area contributed by atoms with Gasteiger partial charge >= 0.3 is 103 Å². The van der Waals surface area contributed by atoms with Crippen LogP contribution in [0, 0.1) is 0 Å². The fraction of sp³-hybridized carbons (Fsp3) is 0.294. The molecule has 0 amide bonds. The van der Waals surface area contributed by atoms with Gasteiger partial charge in [-0.25, -0.2) is 0 Å². The van der Waals surface area contributed by atoms with E-state index >= 15 is 0 Å². The van der Waals surface area contributed by atoms with Crippen LogP contribution < -0.4 is 103 Å². The Morgan fingerprint density at radius 2 is 1.65 bits per heavy atom. The van der Waals surface area contributed by atoms with E-state index in [-0.39, 0.29) is 106 Å². The normalized spacial score (nSPS) is 11.1. The second-order valence-corrected chi connectivity index (χ2v) is 5.76. The van der Waals surface area contributed by atoms with Crippen molar-refractivity contribution in [2.24, 2.45) is 0 Å². The fourth-order valence-corrected chi connectivity index (χ4v) is 3.15. The van der Waals surface area contributed by atoms with Crippen LogP contribution in [0.4, 0.5) is 0 Å². The maximum atomic E-state index is 3.49. The van der Waals surface area contributed by atoms with Crippen LogP contribution in [0.2, 0.25) is 0 Å². The molecule has 20 heavy (non-hydrogen) atoms. The number of benzene rings is 2. The molecule has 96 valence electrons. The SMILES string of the molecule is BrCCCCc1ccc2c(c1)-c1ccccc1C2.[H-].[H-].[K+].[K+]. The quantitative estimate of drug-likeness (QED) is 0.316. The molecule has 0 bridgehead atoms. The summed E-state index contributed by atoms with van der Waals surface area (Å²) in [7, 11) is 0. The van der Waals surface area contributed by atoms with Crippen LogP contribution in [0.15, 0.2) is 42.5 Å². The topological polar surface area (TPSA) is 0 Å². The van der Waals surface area contributed by atoms with E-state index in [1.54, 1.807) is 0 Å². The molecule has 0 N–H and O–H groups in total. The van der Waals surface area contributed by atoms with Gasteiger partial charge in [0.2, 0.25) is 0 Å².